The topological polar surface area (TPSA) is 35.6 Å². The Morgan fingerprint density at radius 3 is 2.62 bits per heavy atom. The Kier molecular flexibility index (Phi) is 6.15. The molecule has 7 heteroatoms. The lowest BCUT2D eigenvalue weighted by atomic mass is 10.1. The molecule has 4 rings (SSSR count). The Bertz CT molecular complexity index is 1000. The van der Waals surface area contributed by atoms with Crippen LogP contribution >= 0.6 is 22.9 Å². The molecule has 1 amide bonds. The Morgan fingerprint density at radius 1 is 1.17 bits per heavy atom. The van der Waals surface area contributed by atoms with Gasteiger partial charge in [0.25, 0.3) is 5.91 Å². The molecule has 2 aromatic carbocycles. The summed E-state index contributed by atoms with van der Waals surface area (Å²) in [5, 5.41) is 4.25. The van der Waals surface area contributed by atoms with Crippen molar-refractivity contribution in [2.45, 2.75) is 6.04 Å². The number of piperazine rings is 1. The number of nitrogens with one attached hydrogen (secondary N) is 1. The molecule has 1 atom stereocenters. The summed E-state index contributed by atoms with van der Waals surface area (Å²) < 4.78 is 14.2. The first-order valence-corrected chi connectivity index (χ1v) is 10.8. The molecule has 1 aliphatic heterocycles. The van der Waals surface area contributed by atoms with Gasteiger partial charge in [-0.05, 0) is 30.8 Å². The predicted octanol–water partition coefficient (Wildman–Crippen LogP) is 4.41. The minimum atomic E-state index is -0.334. The summed E-state index contributed by atoms with van der Waals surface area (Å²) in [6.45, 7) is 4.71. The summed E-state index contributed by atoms with van der Waals surface area (Å²) >= 11 is 7.68. The zero-order valence-corrected chi connectivity index (χ0v) is 17.8. The molecular formula is C22H23ClFN3OS. The number of rotatable bonds is 5. The molecule has 1 fully saturated rings. The third-order valence-electron chi connectivity index (χ3n) is 5.34. The van der Waals surface area contributed by atoms with E-state index in [-0.39, 0.29) is 17.8 Å². The average Bonchev–Trinajstić information content (AvgIpc) is 3.05. The standard InChI is InChI=1S/C22H23ClFN3OS/c1-26-9-11-27(12-10-26)14-18(15-5-3-2-4-6-15)25-22(28)21-20(23)17-8-7-16(24)13-19(17)29-21/h2-8,13,18H,9-12,14H2,1H3,(H,25,28). The molecule has 0 saturated carbocycles. The third-order valence-corrected chi connectivity index (χ3v) is 7.00. The fraction of sp³-hybridized carbons (Fsp3) is 0.318. The first-order chi connectivity index (χ1) is 14.0. The minimum Gasteiger partial charge on any atom is -0.343 e. The van der Waals surface area contributed by atoms with Crippen LogP contribution in [0.3, 0.4) is 0 Å². The second-order valence-electron chi connectivity index (χ2n) is 7.43. The van der Waals surface area contributed by atoms with E-state index in [9.17, 15) is 9.18 Å². The first-order valence-electron chi connectivity index (χ1n) is 9.65. The van der Waals surface area contributed by atoms with Crippen LogP contribution < -0.4 is 5.32 Å². The lowest BCUT2D eigenvalue weighted by molar-refractivity contribution is 0.0911. The highest BCUT2D eigenvalue weighted by molar-refractivity contribution is 7.21. The van der Waals surface area contributed by atoms with Crippen molar-refractivity contribution in [3.8, 4) is 0 Å². The van der Waals surface area contributed by atoms with Crippen LogP contribution in [0.2, 0.25) is 5.02 Å². The zero-order chi connectivity index (χ0) is 20.4. The van der Waals surface area contributed by atoms with E-state index >= 15 is 0 Å². The van der Waals surface area contributed by atoms with E-state index < -0.39 is 0 Å². The van der Waals surface area contributed by atoms with Gasteiger partial charge in [-0.2, -0.15) is 0 Å². The average molecular weight is 432 g/mol. The lowest BCUT2D eigenvalue weighted by Gasteiger charge is -2.35. The van der Waals surface area contributed by atoms with Gasteiger partial charge >= 0.3 is 0 Å². The van der Waals surface area contributed by atoms with Crippen molar-refractivity contribution in [1.29, 1.82) is 0 Å². The maximum atomic E-state index is 13.6. The highest BCUT2D eigenvalue weighted by atomic mass is 35.5. The predicted molar refractivity (Wildman–Crippen MR) is 117 cm³/mol. The van der Waals surface area contributed by atoms with Crippen LogP contribution in [0.1, 0.15) is 21.3 Å². The molecule has 1 N–H and O–H groups in total. The monoisotopic (exact) mass is 431 g/mol. The quantitative estimate of drug-likeness (QED) is 0.649. The molecule has 3 aromatic rings. The van der Waals surface area contributed by atoms with Gasteiger partial charge in [-0.25, -0.2) is 4.39 Å². The summed E-state index contributed by atoms with van der Waals surface area (Å²) in [5.41, 5.74) is 1.06. The Hall–Kier alpha value is -1.99. The number of fused-ring (bicyclic) bond motifs is 1. The van der Waals surface area contributed by atoms with Crippen LogP contribution in [-0.2, 0) is 0 Å². The van der Waals surface area contributed by atoms with Crippen LogP contribution in [0, 0.1) is 5.82 Å². The van der Waals surface area contributed by atoms with Crippen molar-refractivity contribution in [3.05, 3.63) is 69.8 Å². The molecule has 2 heterocycles. The second kappa shape index (κ2) is 8.79. The summed E-state index contributed by atoms with van der Waals surface area (Å²) in [4.78, 5) is 18.2. The number of likely N-dealkylation sites (N-methyl/N-ethyl adjacent to an activating group) is 1. The summed E-state index contributed by atoms with van der Waals surface area (Å²) in [7, 11) is 2.13. The van der Waals surface area contributed by atoms with E-state index in [0.717, 1.165) is 38.3 Å². The zero-order valence-electron chi connectivity index (χ0n) is 16.2. The molecule has 1 aromatic heterocycles. The van der Waals surface area contributed by atoms with Gasteiger partial charge in [0, 0.05) is 42.8 Å². The van der Waals surface area contributed by atoms with E-state index in [1.165, 1.54) is 23.5 Å². The molecule has 0 bridgehead atoms. The number of nitrogens with zero attached hydrogens (tertiary/aromatic N) is 2. The minimum absolute atomic E-state index is 0.148. The van der Waals surface area contributed by atoms with Crippen LogP contribution in [-0.4, -0.2) is 55.5 Å². The summed E-state index contributed by atoms with van der Waals surface area (Å²) in [5.74, 6) is -0.556. The number of hydrogen-bond donors (Lipinski definition) is 1. The third kappa shape index (κ3) is 4.61. The summed E-state index contributed by atoms with van der Waals surface area (Å²) in [6.07, 6.45) is 0. The number of carbonyl (C=O) groups excluding carboxylic acids is 1. The lowest BCUT2D eigenvalue weighted by Crippen LogP contribution is -2.47. The Labute approximate surface area is 178 Å². The van der Waals surface area contributed by atoms with E-state index in [0.29, 0.717) is 20.0 Å². The number of carbonyl (C=O) groups is 1. The maximum absolute atomic E-state index is 13.6. The van der Waals surface area contributed by atoms with Crippen molar-refractivity contribution in [2.24, 2.45) is 0 Å². The SMILES string of the molecule is CN1CCN(CC(NC(=O)c2sc3cc(F)ccc3c2Cl)c2ccccc2)CC1. The normalized spacial score (nSPS) is 16.8. The molecule has 0 spiro atoms. The van der Waals surface area contributed by atoms with Crippen LogP contribution in [0.15, 0.2) is 48.5 Å². The Morgan fingerprint density at radius 2 is 1.90 bits per heavy atom. The van der Waals surface area contributed by atoms with E-state index in [2.05, 4.69) is 22.2 Å². The molecule has 1 saturated heterocycles. The number of benzene rings is 2. The number of amides is 1. The van der Waals surface area contributed by atoms with Gasteiger partial charge in [-0.3, -0.25) is 9.69 Å². The second-order valence-corrected chi connectivity index (χ2v) is 8.86. The molecular weight excluding hydrogens is 409 g/mol. The van der Waals surface area contributed by atoms with E-state index in [1.807, 2.05) is 30.3 Å². The van der Waals surface area contributed by atoms with Gasteiger partial charge in [0.05, 0.1) is 11.1 Å². The molecule has 0 aliphatic carbocycles. The van der Waals surface area contributed by atoms with Crippen LogP contribution in [0.4, 0.5) is 4.39 Å². The molecule has 4 nitrogen and oxygen atoms in total. The number of thiophene rings is 1. The number of hydrogen-bond acceptors (Lipinski definition) is 4. The molecule has 29 heavy (non-hydrogen) atoms. The largest absolute Gasteiger partial charge is 0.343 e. The van der Waals surface area contributed by atoms with Gasteiger partial charge in [-0.15, -0.1) is 11.3 Å². The van der Waals surface area contributed by atoms with Gasteiger partial charge in [0.1, 0.15) is 10.7 Å². The molecule has 0 radical (unpaired) electrons. The van der Waals surface area contributed by atoms with Crippen molar-refractivity contribution >= 4 is 38.9 Å². The fourth-order valence-corrected chi connectivity index (χ4v) is 5.06. The number of halogens is 2. The molecule has 152 valence electrons. The highest BCUT2D eigenvalue weighted by Crippen LogP contribution is 2.36. The van der Waals surface area contributed by atoms with Crippen LogP contribution in [0.5, 0.6) is 0 Å². The smallest absolute Gasteiger partial charge is 0.263 e. The highest BCUT2D eigenvalue weighted by Gasteiger charge is 2.24. The van der Waals surface area contributed by atoms with Crippen LogP contribution in [0.25, 0.3) is 10.1 Å². The van der Waals surface area contributed by atoms with Gasteiger partial charge in [0.15, 0.2) is 0 Å². The molecule has 1 unspecified atom stereocenters. The van der Waals surface area contributed by atoms with Crippen molar-refractivity contribution in [3.63, 3.8) is 0 Å². The van der Waals surface area contributed by atoms with Gasteiger partial charge in [0.2, 0.25) is 0 Å². The summed E-state index contributed by atoms with van der Waals surface area (Å²) in [6, 6.07) is 14.2. The first kappa shape index (κ1) is 20.3. The van der Waals surface area contributed by atoms with Gasteiger partial charge < -0.3 is 10.2 Å². The maximum Gasteiger partial charge on any atom is 0.263 e. The van der Waals surface area contributed by atoms with E-state index in [1.54, 1.807) is 6.07 Å². The van der Waals surface area contributed by atoms with E-state index in [4.69, 9.17) is 11.6 Å². The molecule has 1 aliphatic rings. The van der Waals surface area contributed by atoms with Crippen molar-refractivity contribution in [1.82, 2.24) is 15.1 Å². The van der Waals surface area contributed by atoms with Crippen molar-refractivity contribution < 1.29 is 9.18 Å². The van der Waals surface area contributed by atoms with Gasteiger partial charge in [-0.1, -0.05) is 41.9 Å². The fourth-order valence-electron chi connectivity index (χ4n) is 3.62. The van der Waals surface area contributed by atoms with Crippen molar-refractivity contribution in [2.75, 3.05) is 39.8 Å². The Balaban J connectivity index is 1.57.